The van der Waals surface area contributed by atoms with Crippen molar-refractivity contribution in [3.63, 3.8) is 0 Å². The van der Waals surface area contributed by atoms with Crippen molar-refractivity contribution in [3.05, 3.63) is 29.3 Å². The zero-order chi connectivity index (χ0) is 33.0. The van der Waals surface area contributed by atoms with Crippen LogP contribution in [0.2, 0.25) is 0 Å². The first-order valence-electron chi connectivity index (χ1n) is 13.1. The lowest BCUT2D eigenvalue weighted by Crippen LogP contribution is -2.45. The first-order valence-corrected chi connectivity index (χ1v) is 17.6. The van der Waals surface area contributed by atoms with Crippen molar-refractivity contribution in [2.45, 2.75) is 48.6 Å². The maximum atomic E-state index is 15.4. The third-order valence-electron chi connectivity index (χ3n) is 7.56. The number of hydrogen-bond donors (Lipinski definition) is 7. The molecule has 46 heavy (non-hydrogen) atoms. The fourth-order valence-electron chi connectivity index (χ4n) is 5.48. The van der Waals surface area contributed by atoms with Crippen LogP contribution in [-0.4, -0.2) is 110 Å². The molecule has 9 atom stereocenters. The smallest absolute Gasteiger partial charge is 0.325 e. The highest BCUT2D eigenvalue weighted by molar-refractivity contribution is 8.33. The summed E-state index contributed by atoms with van der Waals surface area (Å²) >= 11 is 8.40. The van der Waals surface area contributed by atoms with Gasteiger partial charge in [-0.25, -0.2) is 24.3 Å². The van der Waals surface area contributed by atoms with Crippen LogP contribution in [0.15, 0.2) is 23.8 Å². The monoisotopic (exact) mass is 722 g/mol. The van der Waals surface area contributed by atoms with Gasteiger partial charge >= 0.3 is 6.72 Å². The average molecular weight is 723 g/mol. The molecule has 3 aliphatic heterocycles. The summed E-state index contributed by atoms with van der Waals surface area (Å²) in [5.41, 5.74) is 9.90. The third-order valence-corrected chi connectivity index (χ3v) is 9.10. The lowest BCUT2D eigenvalue weighted by molar-refractivity contribution is -0.183. The molecule has 0 aliphatic carbocycles. The van der Waals surface area contributed by atoms with Gasteiger partial charge in [-0.05, 0) is 11.8 Å². The van der Waals surface area contributed by atoms with Crippen molar-refractivity contribution in [2.75, 3.05) is 31.3 Å². The number of H-pyrrole nitrogens is 1. The standard InChI is InChI=1S/C21H24FN10O9PS.HOPS/c22-8-7(1-33)39-18(32-6-28-10-16(32)29-20(24)30-17(10)35)11(8)41-42(36,43)38-3-21-2-37-12(13(21)34)19(40-21)31-5-27-9-14(23)25-4-26-15(9)31;1-2-3/h4-8,11-13,18-19,33-34H,1-3H2,(H,36,43)(H2,23,25,26)(H3,24,29,30,35);(H,1,3)/t7-,8-,11-,12-,13+,18-,19-,21-,42?;/m1./s1. The van der Waals surface area contributed by atoms with E-state index in [9.17, 15) is 19.9 Å². The van der Waals surface area contributed by atoms with E-state index in [1.165, 1.54) is 21.8 Å². The number of ether oxygens (including phenoxy) is 3. The van der Waals surface area contributed by atoms with Crippen LogP contribution in [0.1, 0.15) is 12.5 Å². The number of alkyl halides is 1. The number of halogens is 1. The van der Waals surface area contributed by atoms with Crippen LogP contribution in [0.4, 0.5) is 16.2 Å². The molecule has 1 unspecified atom stereocenters. The summed E-state index contributed by atoms with van der Waals surface area (Å²) in [5.74, 6) is -0.0757. The van der Waals surface area contributed by atoms with Crippen LogP contribution in [0, 0.1) is 0 Å². The minimum Gasteiger partial charge on any atom is -0.394 e. The number of aliphatic hydroxyl groups is 2. The Bertz CT molecular complexity index is 1890. The molecular weight excluding hydrogens is 697 g/mol. The molecule has 3 aliphatic rings. The second kappa shape index (κ2) is 12.7. The summed E-state index contributed by atoms with van der Waals surface area (Å²) in [6.07, 6.45) is -5.56. The number of rotatable bonds is 8. The number of aromatic amines is 1. The quantitative estimate of drug-likeness (QED) is 0.0858. The summed E-state index contributed by atoms with van der Waals surface area (Å²) < 4.78 is 55.6. The highest BCUT2D eigenvalue weighted by Gasteiger charge is 2.63. The van der Waals surface area contributed by atoms with Crippen molar-refractivity contribution >= 4 is 72.5 Å². The highest BCUT2D eigenvalue weighted by Crippen LogP contribution is 2.53. The molecule has 3 saturated heterocycles. The van der Waals surface area contributed by atoms with Gasteiger partial charge in [0.25, 0.3) is 5.56 Å². The number of nitrogens with two attached hydrogens (primary N) is 2. The van der Waals surface area contributed by atoms with E-state index in [0.29, 0.717) is 11.2 Å². The van der Waals surface area contributed by atoms with Crippen LogP contribution in [0.5, 0.6) is 0 Å². The van der Waals surface area contributed by atoms with Crippen LogP contribution < -0.4 is 17.0 Å². The number of hydrogen-bond acceptors (Lipinski definition) is 17. The van der Waals surface area contributed by atoms with E-state index >= 15 is 4.39 Å². The Labute approximate surface area is 267 Å². The van der Waals surface area contributed by atoms with Crippen molar-refractivity contribution in [1.29, 1.82) is 0 Å². The number of nitrogens with zero attached hydrogens (tertiary/aromatic N) is 7. The number of thiol groups is 1. The zero-order valence-electron chi connectivity index (χ0n) is 23.0. The number of fused-ring (bicyclic) bond motifs is 4. The van der Waals surface area contributed by atoms with E-state index in [2.05, 4.69) is 42.2 Å². The maximum absolute atomic E-state index is 15.4. The van der Waals surface area contributed by atoms with Gasteiger partial charge in [-0.2, -0.15) is 4.98 Å². The van der Waals surface area contributed by atoms with Crippen LogP contribution in [-0.2, 0) is 39.6 Å². The van der Waals surface area contributed by atoms with Gasteiger partial charge < -0.3 is 45.3 Å². The second-order valence-corrected chi connectivity index (χ2v) is 13.7. The van der Waals surface area contributed by atoms with Gasteiger partial charge in [0.15, 0.2) is 41.3 Å². The van der Waals surface area contributed by atoms with Crippen molar-refractivity contribution in [1.82, 2.24) is 39.0 Å². The molecule has 0 amide bonds. The fraction of sp³-hybridized carbons (Fsp3) is 0.524. The molecule has 4 aromatic rings. The third kappa shape index (κ3) is 5.69. The molecule has 0 radical (unpaired) electrons. The molecule has 7 rings (SSSR count). The second-order valence-electron chi connectivity index (χ2n) is 10.2. The van der Waals surface area contributed by atoms with Crippen molar-refractivity contribution in [2.24, 2.45) is 0 Å². The number of nitrogens with one attached hydrogen (secondary N) is 1. The Morgan fingerprint density at radius 3 is 2.63 bits per heavy atom. The zero-order valence-corrected chi connectivity index (χ0v) is 26.5. The summed E-state index contributed by atoms with van der Waals surface area (Å²) in [7, 11) is -0.139. The predicted octanol–water partition coefficient (Wildman–Crippen LogP) is -0.879. The number of aromatic nitrogens is 8. The Morgan fingerprint density at radius 1 is 1.22 bits per heavy atom. The molecule has 25 heteroatoms. The number of imidazole rings is 2. The van der Waals surface area contributed by atoms with E-state index < -0.39 is 74.1 Å². The Morgan fingerprint density at radius 2 is 1.91 bits per heavy atom. The summed E-state index contributed by atoms with van der Waals surface area (Å²) in [4.78, 5) is 45.8. The molecule has 0 aromatic carbocycles. The first kappa shape index (κ1) is 33.1. The average Bonchev–Trinajstić information content (AvgIpc) is 3.82. The summed E-state index contributed by atoms with van der Waals surface area (Å²) in [6, 6.07) is 0. The normalized spacial score (nSPS) is 31.8. The Balaban J connectivity index is 0.00000119. The Hall–Kier alpha value is -2.79. The van der Waals surface area contributed by atoms with Gasteiger partial charge in [-0.15, -0.1) is 0 Å². The van der Waals surface area contributed by atoms with E-state index in [4.69, 9.17) is 51.1 Å². The summed E-state index contributed by atoms with van der Waals surface area (Å²) in [5, 5.41) is 20.7. The van der Waals surface area contributed by atoms with E-state index in [1.54, 1.807) is 0 Å². The van der Waals surface area contributed by atoms with Gasteiger partial charge in [0, 0.05) is 0 Å². The Kier molecular flexibility index (Phi) is 9.13. The fourth-order valence-corrected chi connectivity index (χ4v) is 6.90. The number of nitrogen functional groups attached to an aromatic ring is 2. The molecule has 20 nitrogen and oxygen atoms in total. The maximum Gasteiger partial charge on any atom is 0.325 e. The SMILES string of the molecule is Nc1nc2c(ncn2[C@@H]2O[C@H](CO)[C@@H](F)[C@H]2OP(O)(=S)OC[C@@]23CO[C@@H]([C@H](n4cnc5c(N)ncnc54)O2)[C@@H]3O)c(=O)[nH]1.O=PS. The van der Waals surface area contributed by atoms with E-state index in [-0.39, 0.29) is 37.2 Å². The van der Waals surface area contributed by atoms with E-state index in [1.807, 2.05) is 0 Å². The molecule has 248 valence electrons. The predicted molar refractivity (Wildman–Crippen MR) is 161 cm³/mol. The number of aliphatic hydroxyl groups excluding tert-OH is 2. The van der Waals surface area contributed by atoms with Gasteiger partial charge in [-0.1, -0.05) is 12.2 Å². The minimum atomic E-state index is -4.29. The van der Waals surface area contributed by atoms with Crippen LogP contribution in [0.25, 0.3) is 22.3 Å². The molecule has 3 fully saturated rings. The van der Waals surface area contributed by atoms with Crippen molar-refractivity contribution in [3.8, 4) is 0 Å². The van der Waals surface area contributed by atoms with Crippen LogP contribution >= 0.6 is 26.6 Å². The van der Waals surface area contributed by atoms with Crippen molar-refractivity contribution < 1.29 is 47.3 Å². The number of anilines is 2. The van der Waals surface area contributed by atoms with E-state index in [0.717, 1.165) is 6.33 Å². The van der Waals surface area contributed by atoms with Crippen LogP contribution in [0.3, 0.4) is 0 Å². The minimum absolute atomic E-state index is 0.0570. The molecule has 2 bridgehead atoms. The molecule has 8 N–H and O–H groups in total. The van der Waals surface area contributed by atoms with Gasteiger partial charge in [-0.3, -0.25) is 28.0 Å². The van der Waals surface area contributed by atoms with Gasteiger partial charge in [0.05, 0.1) is 32.5 Å². The lowest BCUT2D eigenvalue weighted by atomic mass is 10.0. The largest absolute Gasteiger partial charge is 0.394 e. The molecule has 0 saturated carbocycles. The molecule has 4 aromatic heterocycles. The molecule has 0 spiro atoms. The van der Waals surface area contributed by atoms with Gasteiger partial charge in [0.1, 0.15) is 41.9 Å². The summed E-state index contributed by atoms with van der Waals surface area (Å²) in [6.45, 7) is -5.65. The first-order chi connectivity index (χ1) is 21.9. The lowest BCUT2D eigenvalue weighted by Gasteiger charge is -2.32. The molecular formula is C21H25FN10O10P2S2. The van der Waals surface area contributed by atoms with Gasteiger partial charge in [0.2, 0.25) is 13.6 Å². The molecule has 7 heterocycles. The highest BCUT2D eigenvalue weighted by atomic mass is 32.7. The topological polar surface area (TPSA) is 283 Å².